The van der Waals surface area contributed by atoms with E-state index < -0.39 is 0 Å². The number of aromatic nitrogens is 1. The van der Waals surface area contributed by atoms with Crippen molar-refractivity contribution >= 4 is 39.0 Å². The van der Waals surface area contributed by atoms with Crippen LogP contribution in [0.1, 0.15) is 15.9 Å². The van der Waals surface area contributed by atoms with Crippen LogP contribution in [0.25, 0.3) is 10.9 Å². The number of rotatable bonds is 4. The van der Waals surface area contributed by atoms with E-state index in [0.717, 1.165) is 26.7 Å². The smallest absolute Gasteiger partial charge is 0.271 e. The summed E-state index contributed by atoms with van der Waals surface area (Å²) in [4.78, 5) is 15.1. The van der Waals surface area contributed by atoms with Gasteiger partial charge in [-0.1, -0.05) is 15.9 Å². The average molecular weight is 372 g/mol. The minimum atomic E-state index is -0.258. The van der Waals surface area contributed by atoms with Gasteiger partial charge in [0.1, 0.15) is 5.75 Å². The Morgan fingerprint density at radius 3 is 2.78 bits per heavy atom. The molecular weight excluding hydrogens is 358 g/mol. The quantitative estimate of drug-likeness (QED) is 0.542. The number of ether oxygens (including phenoxy) is 1. The number of halogens is 1. The SMILES string of the molecule is COc1ccc2[nH]cc(/C=N/NC(=O)c3ccc(Br)cc3)c2c1. The monoisotopic (exact) mass is 371 g/mol. The van der Waals surface area contributed by atoms with Crippen LogP contribution in [0, 0.1) is 0 Å². The van der Waals surface area contributed by atoms with Gasteiger partial charge >= 0.3 is 0 Å². The number of methoxy groups -OCH3 is 1. The van der Waals surface area contributed by atoms with E-state index in [9.17, 15) is 4.79 Å². The first-order valence-electron chi connectivity index (χ1n) is 6.91. The van der Waals surface area contributed by atoms with E-state index in [4.69, 9.17) is 4.74 Å². The summed E-state index contributed by atoms with van der Waals surface area (Å²) in [6, 6.07) is 12.8. The molecule has 0 saturated carbocycles. The molecule has 0 fully saturated rings. The van der Waals surface area contributed by atoms with Crippen molar-refractivity contribution in [2.45, 2.75) is 0 Å². The highest BCUT2D eigenvalue weighted by Crippen LogP contribution is 2.22. The standard InChI is InChI=1S/C17H14BrN3O2/c1-23-14-6-7-16-15(8-14)12(9-19-16)10-20-21-17(22)11-2-4-13(18)5-3-11/h2-10,19H,1H3,(H,21,22)/b20-10+. The van der Waals surface area contributed by atoms with Gasteiger partial charge in [-0.15, -0.1) is 0 Å². The molecule has 0 saturated heterocycles. The highest BCUT2D eigenvalue weighted by atomic mass is 79.9. The average Bonchev–Trinajstić information content (AvgIpc) is 2.97. The van der Waals surface area contributed by atoms with Crippen LogP contribution in [-0.2, 0) is 0 Å². The maximum atomic E-state index is 12.0. The summed E-state index contributed by atoms with van der Waals surface area (Å²) in [7, 11) is 1.63. The van der Waals surface area contributed by atoms with Gasteiger partial charge in [0.05, 0.1) is 13.3 Å². The van der Waals surface area contributed by atoms with Crippen molar-refractivity contribution in [3.8, 4) is 5.75 Å². The number of fused-ring (bicyclic) bond motifs is 1. The van der Waals surface area contributed by atoms with Gasteiger partial charge in [-0.25, -0.2) is 5.43 Å². The summed E-state index contributed by atoms with van der Waals surface area (Å²) < 4.78 is 6.15. The lowest BCUT2D eigenvalue weighted by atomic mass is 10.2. The van der Waals surface area contributed by atoms with E-state index >= 15 is 0 Å². The number of carbonyl (C=O) groups excluding carboxylic acids is 1. The number of benzene rings is 2. The van der Waals surface area contributed by atoms with Gasteiger partial charge in [0.25, 0.3) is 5.91 Å². The Morgan fingerprint density at radius 1 is 1.26 bits per heavy atom. The van der Waals surface area contributed by atoms with Gasteiger partial charge < -0.3 is 9.72 Å². The largest absolute Gasteiger partial charge is 0.497 e. The summed E-state index contributed by atoms with van der Waals surface area (Å²) in [6.07, 6.45) is 3.44. The Bertz CT molecular complexity index is 869. The van der Waals surface area contributed by atoms with Crippen LogP contribution in [0.4, 0.5) is 0 Å². The van der Waals surface area contributed by atoms with Crippen molar-refractivity contribution in [2.75, 3.05) is 7.11 Å². The van der Waals surface area contributed by atoms with Crippen LogP contribution < -0.4 is 10.2 Å². The van der Waals surface area contributed by atoms with E-state index in [-0.39, 0.29) is 5.91 Å². The molecule has 5 nitrogen and oxygen atoms in total. The van der Waals surface area contributed by atoms with Gasteiger partial charge in [0.15, 0.2) is 0 Å². The van der Waals surface area contributed by atoms with Crippen molar-refractivity contribution in [2.24, 2.45) is 5.10 Å². The molecule has 1 aromatic heterocycles. The molecule has 2 N–H and O–H groups in total. The summed E-state index contributed by atoms with van der Waals surface area (Å²) in [6.45, 7) is 0. The molecule has 23 heavy (non-hydrogen) atoms. The van der Waals surface area contributed by atoms with Crippen LogP contribution in [-0.4, -0.2) is 24.2 Å². The molecule has 1 amide bonds. The van der Waals surface area contributed by atoms with Crippen molar-refractivity contribution in [1.29, 1.82) is 0 Å². The topological polar surface area (TPSA) is 66.5 Å². The number of hydrogen-bond donors (Lipinski definition) is 2. The summed E-state index contributed by atoms with van der Waals surface area (Å²) in [5.41, 5.74) is 4.92. The first kappa shape index (κ1) is 15.3. The third kappa shape index (κ3) is 3.43. The van der Waals surface area contributed by atoms with E-state index in [2.05, 4.69) is 31.4 Å². The second kappa shape index (κ2) is 6.66. The number of carbonyl (C=O) groups is 1. The second-order valence-corrected chi connectivity index (χ2v) is 5.78. The van der Waals surface area contributed by atoms with Gasteiger partial charge in [0, 0.05) is 32.7 Å². The first-order valence-corrected chi connectivity index (χ1v) is 7.71. The van der Waals surface area contributed by atoms with Gasteiger partial charge in [-0.05, 0) is 42.5 Å². The highest BCUT2D eigenvalue weighted by Gasteiger charge is 2.05. The lowest BCUT2D eigenvalue weighted by Crippen LogP contribution is -2.17. The Labute approximate surface area is 141 Å². The Balaban J connectivity index is 1.75. The third-order valence-electron chi connectivity index (χ3n) is 3.40. The fraction of sp³-hybridized carbons (Fsp3) is 0.0588. The van der Waals surface area contributed by atoms with Crippen molar-refractivity contribution < 1.29 is 9.53 Å². The van der Waals surface area contributed by atoms with Crippen LogP contribution in [0.5, 0.6) is 5.75 Å². The Kier molecular flexibility index (Phi) is 4.43. The number of hydrazone groups is 1. The molecule has 0 aliphatic heterocycles. The summed E-state index contributed by atoms with van der Waals surface area (Å²) >= 11 is 3.33. The predicted octanol–water partition coefficient (Wildman–Crippen LogP) is 3.70. The van der Waals surface area contributed by atoms with Crippen molar-refractivity contribution in [3.63, 3.8) is 0 Å². The molecule has 3 rings (SSSR count). The molecule has 3 aromatic rings. The molecule has 0 aliphatic rings. The molecular formula is C17H14BrN3O2. The predicted molar refractivity (Wildman–Crippen MR) is 94.1 cm³/mol. The third-order valence-corrected chi connectivity index (χ3v) is 3.93. The minimum absolute atomic E-state index is 0.258. The molecule has 1 heterocycles. The number of aromatic amines is 1. The number of H-pyrrole nitrogens is 1. The van der Waals surface area contributed by atoms with Crippen LogP contribution >= 0.6 is 15.9 Å². The number of hydrogen-bond acceptors (Lipinski definition) is 3. The summed E-state index contributed by atoms with van der Waals surface area (Å²) in [5, 5.41) is 5.00. The molecule has 0 unspecified atom stereocenters. The maximum Gasteiger partial charge on any atom is 0.271 e. The first-order chi connectivity index (χ1) is 11.2. The minimum Gasteiger partial charge on any atom is -0.497 e. The highest BCUT2D eigenvalue weighted by molar-refractivity contribution is 9.10. The zero-order valence-electron chi connectivity index (χ0n) is 12.3. The molecule has 0 atom stereocenters. The molecule has 6 heteroatoms. The van der Waals surface area contributed by atoms with Gasteiger partial charge in [-0.2, -0.15) is 5.10 Å². The van der Waals surface area contributed by atoms with Crippen LogP contribution in [0.15, 0.2) is 58.2 Å². The van der Waals surface area contributed by atoms with Crippen LogP contribution in [0.3, 0.4) is 0 Å². The normalized spacial score (nSPS) is 11.0. The van der Waals surface area contributed by atoms with Crippen LogP contribution in [0.2, 0.25) is 0 Å². The second-order valence-electron chi connectivity index (χ2n) is 4.86. The number of amides is 1. The fourth-order valence-corrected chi connectivity index (χ4v) is 2.45. The zero-order chi connectivity index (χ0) is 16.2. The molecule has 0 spiro atoms. The van der Waals surface area contributed by atoms with E-state index in [0.29, 0.717) is 5.56 Å². The van der Waals surface area contributed by atoms with E-state index in [1.54, 1.807) is 25.5 Å². The Morgan fingerprint density at radius 2 is 2.04 bits per heavy atom. The molecule has 2 aromatic carbocycles. The lowest BCUT2D eigenvalue weighted by molar-refractivity contribution is 0.0955. The number of nitrogens with one attached hydrogen (secondary N) is 2. The molecule has 0 radical (unpaired) electrons. The molecule has 0 aliphatic carbocycles. The zero-order valence-corrected chi connectivity index (χ0v) is 13.9. The van der Waals surface area contributed by atoms with E-state index in [1.807, 2.05) is 36.5 Å². The van der Waals surface area contributed by atoms with E-state index in [1.165, 1.54) is 0 Å². The Hall–Kier alpha value is -2.60. The van der Waals surface area contributed by atoms with Crippen molar-refractivity contribution in [1.82, 2.24) is 10.4 Å². The lowest BCUT2D eigenvalue weighted by Gasteiger charge is -2.00. The number of nitrogens with zero attached hydrogens (tertiary/aromatic N) is 1. The van der Waals surface area contributed by atoms with Gasteiger partial charge in [0.2, 0.25) is 0 Å². The van der Waals surface area contributed by atoms with Gasteiger partial charge in [-0.3, -0.25) is 4.79 Å². The fourth-order valence-electron chi connectivity index (χ4n) is 2.18. The molecule has 0 bridgehead atoms. The maximum absolute atomic E-state index is 12.0. The van der Waals surface area contributed by atoms with Crippen molar-refractivity contribution in [3.05, 3.63) is 64.3 Å². The summed E-state index contributed by atoms with van der Waals surface area (Å²) in [5.74, 6) is 0.511. The molecule has 116 valence electrons.